The third kappa shape index (κ3) is 2.80. The molecule has 0 fully saturated rings. The minimum absolute atomic E-state index is 0.0987. The van der Waals surface area contributed by atoms with Gasteiger partial charge in [0.05, 0.1) is 0 Å². The maximum Gasteiger partial charge on any atom is 0.338 e. The van der Waals surface area contributed by atoms with Crippen molar-refractivity contribution >= 4 is 33.4 Å². The van der Waals surface area contributed by atoms with Gasteiger partial charge in [-0.05, 0) is 43.2 Å². The Balaban J connectivity index is 2.46. The highest BCUT2D eigenvalue weighted by Gasteiger charge is 2.16. The number of aromatic carboxylic acids is 1. The van der Waals surface area contributed by atoms with Gasteiger partial charge in [-0.3, -0.25) is 0 Å². The molecule has 104 valence electrons. The molecule has 0 radical (unpaired) electrons. The molecular formula is C14H12BrFN2O2. The van der Waals surface area contributed by atoms with Gasteiger partial charge in [-0.1, -0.05) is 15.9 Å². The van der Waals surface area contributed by atoms with Crippen LogP contribution in [0.3, 0.4) is 0 Å². The average molecular weight is 339 g/mol. The Morgan fingerprint density at radius 2 is 1.95 bits per heavy atom. The van der Waals surface area contributed by atoms with Crippen molar-refractivity contribution < 1.29 is 14.3 Å². The highest BCUT2D eigenvalue weighted by atomic mass is 79.9. The number of halogens is 2. The number of benzene rings is 1. The zero-order valence-electron chi connectivity index (χ0n) is 10.9. The van der Waals surface area contributed by atoms with Gasteiger partial charge in [0.25, 0.3) is 0 Å². The minimum Gasteiger partial charge on any atom is -0.478 e. The fourth-order valence-corrected chi connectivity index (χ4v) is 2.61. The molecule has 1 aromatic carbocycles. The predicted octanol–water partition coefficient (Wildman–Crippen LogP) is 4.04. The Kier molecular flexibility index (Phi) is 4.04. The molecule has 0 aliphatic heterocycles. The van der Waals surface area contributed by atoms with Crippen LogP contribution in [0.1, 0.15) is 21.5 Å². The lowest BCUT2D eigenvalue weighted by atomic mass is 10.1. The fourth-order valence-electron chi connectivity index (χ4n) is 1.92. The summed E-state index contributed by atoms with van der Waals surface area (Å²) in [6.45, 7) is 3.75. The molecule has 2 aromatic rings. The smallest absolute Gasteiger partial charge is 0.338 e. The lowest BCUT2D eigenvalue weighted by molar-refractivity contribution is 0.0692. The van der Waals surface area contributed by atoms with Gasteiger partial charge < -0.3 is 10.4 Å². The summed E-state index contributed by atoms with van der Waals surface area (Å²) in [7, 11) is 0. The monoisotopic (exact) mass is 338 g/mol. The third-order valence-electron chi connectivity index (χ3n) is 2.86. The summed E-state index contributed by atoms with van der Waals surface area (Å²) >= 11 is 3.38. The number of carboxylic acids is 1. The zero-order chi connectivity index (χ0) is 14.9. The number of carboxylic acid groups (broad SMARTS) is 1. The molecule has 2 N–H and O–H groups in total. The molecule has 0 aliphatic rings. The van der Waals surface area contributed by atoms with Crippen LogP contribution in [0, 0.1) is 19.7 Å². The lowest BCUT2D eigenvalue weighted by Gasteiger charge is -2.13. The average Bonchev–Trinajstić information content (AvgIpc) is 2.35. The molecule has 0 aliphatic carbocycles. The molecule has 1 aromatic heterocycles. The van der Waals surface area contributed by atoms with Crippen LogP contribution in [-0.2, 0) is 0 Å². The molecule has 4 nitrogen and oxygen atoms in total. The molecule has 0 amide bonds. The van der Waals surface area contributed by atoms with Crippen molar-refractivity contribution in [3.63, 3.8) is 0 Å². The van der Waals surface area contributed by atoms with E-state index in [4.69, 9.17) is 5.11 Å². The molecule has 6 heteroatoms. The summed E-state index contributed by atoms with van der Waals surface area (Å²) < 4.78 is 15.0. The second-order valence-corrected chi connectivity index (χ2v) is 5.28. The van der Waals surface area contributed by atoms with E-state index in [0.29, 0.717) is 5.69 Å². The van der Waals surface area contributed by atoms with Gasteiger partial charge in [0, 0.05) is 16.4 Å². The standard InChI is InChI=1S/C14H12BrFN2O2/c1-7-5-9(15)6-8(2)12(7)18-13-11(16)10(14(19)20)3-4-17-13/h3-6H,1-2H3,(H,17,18)(H,19,20). The minimum atomic E-state index is -1.32. The Labute approximate surface area is 123 Å². The van der Waals surface area contributed by atoms with E-state index in [1.807, 2.05) is 26.0 Å². The van der Waals surface area contributed by atoms with Crippen molar-refractivity contribution in [1.29, 1.82) is 0 Å². The van der Waals surface area contributed by atoms with Crippen LogP contribution in [0.25, 0.3) is 0 Å². The van der Waals surface area contributed by atoms with Gasteiger partial charge in [0.2, 0.25) is 0 Å². The third-order valence-corrected chi connectivity index (χ3v) is 3.32. The number of hydrogen-bond donors (Lipinski definition) is 2. The van der Waals surface area contributed by atoms with E-state index in [-0.39, 0.29) is 5.82 Å². The highest BCUT2D eigenvalue weighted by Crippen LogP contribution is 2.28. The number of aryl methyl sites for hydroxylation is 2. The number of carbonyl (C=O) groups is 1. The summed E-state index contributed by atoms with van der Waals surface area (Å²) in [6.07, 6.45) is 1.26. The van der Waals surface area contributed by atoms with Crippen LogP contribution >= 0.6 is 15.9 Å². The quantitative estimate of drug-likeness (QED) is 0.886. The summed E-state index contributed by atoms with van der Waals surface area (Å²) in [5.74, 6) is -2.29. The van der Waals surface area contributed by atoms with Crippen LogP contribution in [0.5, 0.6) is 0 Å². The molecule has 0 unspecified atom stereocenters. The van der Waals surface area contributed by atoms with Gasteiger partial charge >= 0.3 is 5.97 Å². The van der Waals surface area contributed by atoms with Crippen molar-refractivity contribution in [3.8, 4) is 0 Å². The first-order valence-corrected chi connectivity index (χ1v) is 6.61. The summed E-state index contributed by atoms with van der Waals surface area (Å²) in [4.78, 5) is 14.8. The number of pyridine rings is 1. The number of hydrogen-bond acceptors (Lipinski definition) is 3. The molecule has 20 heavy (non-hydrogen) atoms. The van der Waals surface area contributed by atoms with Crippen LogP contribution in [0.4, 0.5) is 15.9 Å². The molecule has 0 bridgehead atoms. The topological polar surface area (TPSA) is 62.2 Å². The summed E-state index contributed by atoms with van der Waals surface area (Å²) in [5.41, 5.74) is 2.11. The molecule has 1 heterocycles. The first-order chi connectivity index (χ1) is 9.40. The van der Waals surface area contributed by atoms with Crippen molar-refractivity contribution in [2.75, 3.05) is 5.32 Å². The van der Waals surface area contributed by atoms with Gasteiger partial charge in [0.15, 0.2) is 11.6 Å². The fraction of sp³-hybridized carbons (Fsp3) is 0.143. The lowest BCUT2D eigenvalue weighted by Crippen LogP contribution is -2.06. The van der Waals surface area contributed by atoms with E-state index in [2.05, 4.69) is 26.2 Å². The van der Waals surface area contributed by atoms with Crippen LogP contribution in [0.2, 0.25) is 0 Å². The Bertz CT molecular complexity index is 666. The van der Waals surface area contributed by atoms with Crippen LogP contribution in [-0.4, -0.2) is 16.1 Å². The number of anilines is 2. The second-order valence-electron chi connectivity index (χ2n) is 4.37. The maximum absolute atomic E-state index is 14.0. The predicted molar refractivity (Wildman–Crippen MR) is 78.1 cm³/mol. The van der Waals surface area contributed by atoms with E-state index in [1.54, 1.807) is 0 Å². The first kappa shape index (κ1) is 14.5. The van der Waals surface area contributed by atoms with Crippen molar-refractivity contribution in [1.82, 2.24) is 4.98 Å². The Hall–Kier alpha value is -1.95. The molecule has 0 saturated carbocycles. The van der Waals surface area contributed by atoms with E-state index in [0.717, 1.165) is 21.7 Å². The SMILES string of the molecule is Cc1cc(Br)cc(C)c1Nc1nccc(C(=O)O)c1F. The molecular weight excluding hydrogens is 327 g/mol. The summed E-state index contributed by atoms with van der Waals surface area (Å²) in [6, 6.07) is 4.90. The normalized spacial score (nSPS) is 10.4. The second kappa shape index (κ2) is 5.58. The van der Waals surface area contributed by atoms with Gasteiger partial charge in [-0.25, -0.2) is 14.2 Å². The number of aromatic nitrogens is 1. The number of nitrogens with one attached hydrogen (secondary N) is 1. The van der Waals surface area contributed by atoms with Crippen LogP contribution < -0.4 is 5.32 Å². The van der Waals surface area contributed by atoms with Crippen molar-refractivity contribution in [2.24, 2.45) is 0 Å². The first-order valence-electron chi connectivity index (χ1n) is 5.81. The summed E-state index contributed by atoms with van der Waals surface area (Å²) in [5, 5.41) is 11.8. The molecule has 0 saturated heterocycles. The largest absolute Gasteiger partial charge is 0.478 e. The van der Waals surface area contributed by atoms with E-state index < -0.39 is 17.3 Å². The number of rotatable bonds is 3. The van der Waals surface area contributed by atoms with Gasteiger partial charge in [-0.2, -0.15) is 0 Å². The van der Waals surface area contributed by atoms with Crippen LogP contribution in [0.15, 0.2) is 28.9 Å². The molecule has 2 rings (SSSR count). The maximum atomic E-state index is 14.0. The molecule has 0 spiro atoms. The van der Waals surface area contributed by atoms with Crippen molar-refractivity contribution in [2.45, 2.75) is 13.8 Å². The Morgan fingerprint density at radius 1 is 1.35 bits per heavy atom. The van der Waals surface area contributed by atoms with Gasteiger partial charge in [-0.15, -0.1) is 0 Å². The van der Waals surface area contributed by atoms with E-state index >= 15 is 0 Å². The van der Waals surface area contributed by atoms with E-state index in [1.165, 1.54) is 6.20 Å². The van der Waals surface area contributed by atoms with E-state index in [9.17, 15) is 9.18 Å². The Morgan fingerprint density at radius 3 is 2.50 bits per heavy atom. The van der Waals surface area contributed by atoms with Crippen molar-refractivity contribution in [3.05, 3.63) is 51.4 Å². The highest BCUT2D eigenvalue weighted by molar-refractivity contribution is 9.10. The van der Waals surface area contributed by atoms with Gasteiger partial charge in [0.1, 0.15) is 5.56 Å². The molecule has 0 atom stereocenters. The zero-order valence-corrected chi connectivity index (χ0v) is 12.5. The number of nitrogens with zero attached hydrogens (tertiary/aromatic N) is 1.